The van der Waals surface area contributed by atoms with Gasteiger partial charge in [0.15, 0.2) is 10.4 Å². The number of rotatable bonds is 1. The summed E-state index contributed by atoms with van der Waals surface area (Å²) in [4.78, 5) is 7.77. The first kappa shape index (κ1) is 11.9. The van der Waals surface area contributed by atoms with Gasteiger partial charge in [-0.3, -0.25) is 4.57 Å². The molecule has 0 bridgehead atoms. The zero-order chi connectivity index (χ0) is 12.8. The van der Waals surface area contributed by atoms with Gasteiger partial charge in [0, 0.05) is 12.8 Å². The molecule has 3 rings (SSSR count). The molecule has 0 amide bonds. The van der Waals surface area contributed by atoms with E-state index in [0.29, 0.717) is 6.61 Å². The molecule has 0 aromatic carbocycles. The van der Waals surface area contributed by atoms with Crippen molar-refractivity contribution in [3.8, 4) is 0 Å². The number of nitrogens with zero attached hydrogens (tertiary/aromatic N) is 2. The van der Waals surface area contributed by atoms with Crippen molar-refractivity contribution in [3.63, 3.8) is 0 Å². The van der Waals surface area contributed by atoms with E-state index in [0.717, 1.165) is 35.4 Å². The summed E-state index contributed by atoms with van der Waals surface area (Å²) >= 11 is 5.48. The quantitative estimate of drug-likeness (QED) is 0.804. The molecule has 96 valence electrons. The zero-order valence-corrected chi connectivity index (χ0v) is 11.5. The van der Waals surface area contributed by atoms with Crippen LogP contribution in [0.4, 0.5) is 0 Å². The Bertz CT molecular complexity index is 637. The largest absolute Gasteiger partial charge is 0.379 e. The van der Waals surface area contributed by atoms with E-state index in [1.54, 1.807) is 0 Å². The molecule has 0 aliphatic carbocycles. The molecule has 1 aliphatic rings. The van der Waals surface area contributed by atoms with Gasteiger partial charge in [-0.15, -0.1) is 0 Å². The fraction of sp³-hybridized carbons (Fsp3) is 0.538. The molecule has 1 aliphatic heterocycles. The lowest BCUT2D eigenvalue weighted by molar-refractivity contribution is 0.0105. The predicted octanol–water partition coefficient (Wildman–Crippen LogP) is 2.93. The minimum atomic E-state index is -0.0889. The summed E-state index contributed by atoms with van der Waals surface area (Å²) in [7, 11) is 0. The Hall–Kier alpha value is -1.20. The Balaban J connectivity index is 2.25. The SMILES string of the molecule is Cc1ccnc2c1[nH]c(=S)n2C1(C)CCCOC1. The highest BCUT2D eigenvalue weighted by molar-refractivity contribution is 7.71. The Labute approximate surface area is 111 Å². The number of aromatic nitrogens is 3. The third-order valence-corrected chi connectivity index (χ3v) is 4.03. The van der Waals surface area contributed by atoms with Gasteiger partial charge in [0.25, 0.3) is 0 Å². The van der Waals surface area contributed by atoms with Crippen molar-refractivity contribution in [1.29, 1.82) is 0 Å². The average molecular weight is 263 g/mol. The first-order chi connectivity index (χ1) is 8.62. The van der Waals surface area contributed by atoms with Gasteiger partial charge in [0.05, 0.1) is 17.7 Å². The summed E-state index contributed by atoms with van der Waals surface area (Å²) in [5.41, 5.74) is 3.06. The van der Waals surface area contributed by atoms with Crippen LogP contribution >= 0.6 is 12.2 Å². The van der Waals surface area contributed by atoms with Gasteiger partial charge in [-0.1, -0.05) is 0 Å². The van der Waals surface area contributed by atoms with Gasteiger partial charge >= 0.3 is 0 Å². The molecule has 18 heavy (non-hydrogen) atoms. The van der Waals surface area contributed by atoms with Crippen molar-refractivity contribution >= 4 is 23.4 Å². The van der Waals surface area contributed by atoms with Crippen LogP contribution < -0.4 is 0 Å². The third-order valence-electron chi connectivity index (χ3n) is 3.74. The number of imidazole rings is 1. The van der Waals surface area contributed by atoms with Crippen LogP contribution in [-0.4, -0.2) is 27.7 Å². The van der Waals surface area contributed by atoms with Crippen molar-refractivity contribution < 1.29 is 4.74 Å². The topological polar surface area (TPSA) is 42.8 Å². The number of ether oxygens (including phenoxy) is 1. The van der Waals surface area contributed by atoms with E-state index in [1.165, 1.54) is 5.56 Å². The Morgan fingerprint density at radius 1 is 1.56 bits per heavy atom. The number of aromatic amines is 1. The van der Waals surface area contributed by atoms with E-state index in [4.69, 9.17) is 17.0 Å². The number of aryl methyl sites for hydroxylation is 1. The van der Waals surface area contributed by atoms with Crippen molar-refractivity contribution in [2.24, 2.45) is 0 Å². The number of fused-ring (bicyclic) bond motifs is 1. The first-order valence-electron chi connectivity index (χ1n) is 6.26. The molecule has 0 saturated carbocycles. The Morgan fingerprint density at radius 2 is 2.39 bits per heavy atom. The standard InChI is InChI=1S/C13H17N3OS/c1-9-4-6-14-11-10(9)15-12(18)16(11)13(2)5-3-7-17-8-13/h4,6H,3,5,7-8H2,1-2H3,(H,15,18). The summed E-state index contributed by atoms with van der Waals surface area (Å²) in [6.07, 6.45) is 3.98. The molecule has 4 nitrogen and oxygen atoms in total. The summed E-state index contributed by atoms with van der Waals surface area (Å²) in [5, 5.41) is 0. The van der Waals surface area contributed by atoms with Gasteiger partial charge in [0.1, 0.15) is 0 Å². The highest BCUT2D eigenvalue weighted by atomic mass is 32.1. The van der Waals surface area contributed by atoms with Gasteiger partial charge < -0.3 is 9.72 Å². The van der Waals surface area contributed by atoms with Crippen LogP contribution in [0.15, 0.2) is 12.3 Å². The lowest BCUT2D eigenvalue weighted by Crippen LogP contribution is -2.39. The maximum Gasteiger partial charge on any atom is 0.179 e. The summed E-state index contributed by atoms with van der Waals surface area (Å²) in [5.74, 6) is 0. The zero-order valence-electron chi connectivity index (χ0n) is 10.7. The van der Waals surface area contributed by atoms with Crippen molar-refractivity contribution in [1.82, 2.24) is 14.5 Å². The maximum atomic E-state index is 5.63. The van der Waals surface area contributed by atoms with Crippen LogP contribution in [0.25, 0.3) is 11.2 Å². The van der Waals surface area contributed by atoms with Crippen LogP contribution in [0.5, 0.6) is 0 Å². The molecule has 1 N–H and O–H groups in total. The van der Waals surface area contributed by atoms with Crippen LogP contribution in [-0.2, 0) is 10.3 Å². The molecule has 2 aromatic heterocycles. The van der Waals surface area contributed by atoms with E-state index in [-0.39, 0.29) is 5.54 Å². The van der Waals surface area contributed by atoms with Crippen LogP contribution in [0.1, 0.15) is 25.3 Å². The molecular formula is C13H17N3OS. The van der Waals surface area contributed by atoms with Gasteiger partial charge in [-0.2, -0.15) is 0 Å². The number of pyridine rings is 1. The summed E-state index contributed by atoms with van der Waals surface area (Å²) in [6.45, 7) is 5.81. The smallest absolute Gasteiger partial charge is 0.179 e. The lowest BCUT2D eigenvalue weighted by atomic mass is 9.94. The van der Waals surface area contributed by atoms with Crippen molar-refractivity contribution in [2.75, 3.05) is 13.2 Å². The van der Waals surface area contributed by atoms with Crippen LogP contribution in [0, 0.1) is 11.7 Å². The third kappa shape index (κ3) is 1.69. The number of H-pyrrole nitrogens is 1. The van der Waals surface area contributed by atoms with E-state index in [1.807, 2.05) is 12.3 Å². The van der Waals surface area contributed by atoms with Crippen LogP contribution in [0.3, 0.4) is 0 Å². The molecule has 1 atom stereocenters. The van der Waals surface area contributed by atoms with E-state index in [9.17, 15) is 0 Å². The highest BCUT2D eigenvalue weighted by Gasteiger charge is 2.32. The molecular weight excluding hydrogens is 246 g/mol. The van der Waals surface area contributed by atoms with Crippen molar-refractivity contribution in [2.45, 2.75) is 32.2 Å². The minimum absolute atomic E-state index is 0.0889. The number of hydrogen-bond acceptors (Lipinski definition) is 3. The second-order valence-electron chi connectivity index (χ2n) is 5.25. The second-order valence-corrected chi connectivity index (χ2v) is 5.63. The monoisotopic (exact) mass is 263 g/mol. The molecule has 0 spiro atoms. The molecule has 2 aromatic rings. The molecule has 3 heterocycles. The van der Waals surface area contributed by atoms with Gasteiger partial charge in [-0.25, -0.2) is 4.98 Å². The second kappa shape index (κ2) is 4.17. The summed E-state index contributed by atoms with van der Waals surface area (Å²) < 4.78 is 8.50. The van der Waals surface area contributed by atoms with Gasteiger partial charge in [0.2, 0.25) is 0 Å². The van der Waals surface area contributed by atoms with E-state index in [2.05, 4.69) is 28.4 Å². The highest BCUT2D eigenvalue weighted by Crippen LogP contribution is 2.30. The minimum Gasteiger partial charge on any atom is -0.379 e. The Morgan fingerprint density at radius 3 is 3.11 bits per heavy atom. The Kier molecular flexibility index (Phi) is 2.75. The normalized spacial score (nSPS) is 24.6. The average Bonchev–Trinajstić information content (AvgIpc) is 2.68. The van der Waals surface area contributed by atoms with Crippen LogP contribution in [0.2, 0.25) is 0 Å². The molecule has 1 saturated heterocycles. The fourth-order valence-electron chi connectivity index (χ4n) is 2.72. The fourth-order valence-corrected chi connectivity index (χ4v) is 3.13. The molecule has 0 radical (unpaired) electrons. The predicted molar refractivity (Wildman–Crippen MR) is 73.4 cm³/mol. The molecule has 1 fully saturated rings. The molecule has 1 unspecified atom stereocenters. The lowest BCUT2D eigenvalue weighted by Gasteiger charge is -2.34. The van der Waals surface area contributed by atoms with E-state index < -0.39 is 0 Å². The first-order valence-corrected chi connectivity index (χ1v) is 6.67. The van der Waals surface area contributed by atoms with E-state index >= 15 is 0 Å². The van der Waals surface area contributed by atoms with Crippen molar-refractivity contribution in [3.05, 3.63) is 22.6 Å². The maximum absolute atomic E-state index is 5.63. The number of nitrogens with one attached hydrogen (secondary N) is 1. The summed E-state index contributed by atoms with van der Waals surface area (Å²) in [6, 6.07) is 2.00. The molecule has 5 heteroatoms. The number of hydrogen-bond donors (Lipinski definition) is 1. The van der Waals surface area contributed by atoms with Gasteiger partial charge in [-0.05, 0) is 50.5 Å².